The Bertz CT molecular complexity index is 1350. The van der Waals surface area contributed by atoms with E-state index in [1.54, 1.807) is 7.11 Å². The van der Waals surface area contributed by atoms with Crippen LogP contribution in [-0.4, -0.2) is 29.1 Å². The molecule has 36 heavy (non-hydrogen) atoms. The lowest BCUT2D eigenvalue weighted by molar-refractivity contribution is -0.124. The lowest BCUT2D eigenvalue weighted by Crippen LogP contribution is -2.40. The number of hydrogen-bond donors (Lipinski definition) is 0. The zero-order chi connectivity index (χ0) is 25.2. The Labute approximate surface area is 218 Å². The van der Waals surface area contributed by atoms with E-state index in [-0.39, 0.29) is 11.9 Å². The van der Waals surface area contributed by atoms with E-state index in [2.05, 4.69) is 57.2 Å². The van der Waals surface area contributed by atoms with E-state index in [4.69, 9.17) is 9.73 Å². The number of nitrogens with zero attached hydrogens (tertiary/aromatic N) is 2. The number of thioether (sulfide) groups is 1. The van der Waals surface area contributed by atoms with Crippen LogP contribution in [-0.2, 0) is 4.79 Å². The summed E-state index contributed by atoms with van der Waals surface area (Å²) in [5, 5.41) is 3.14. The summed E-state index contributed by atoms with van der Waals surface area (Å²) in [5.74, 6) is 1.30. The van der Waals surface area contributed by atoms with E-state index >= 15 is 0 Å². The van der Waals surface area contributed by atoms with Crippen LogP contribution in [0.5, 0.6) is 5.75 Å². The number of rotatable bonds is 5. The number of hydrogen-bond acceptors (Lipinski definition) is 4. The topological polar surface area (TPSA) is 41.9 Å². The van der Waals surface area contributed by atoms with Crippen LogP contribution in [0.1, 0.15) is 68.6 Å². The van der Waals surface area contributed by atoms with Gasteiger partial charge in [0.15, 0.2) is 5.17 Å². The quantitative estimate of drug-likeness (QED) is 0.333. The minimum absolute atomic E-state index is 0.0766. The Morgan fingerprint density at radius 3 is 2.50 bits per heavy atom. The summed E-state index contributed by atoms with van der Waals surface area (Å²) in [4.78, 5) is 21.6. The summed E-state index contributed by atoms with van der Waals surface area (Å²) < 4.78 is 5.62. The Balaban J connectivity index is 1.55. The lowest BCUT2D eigenvalue weighted by Gasteiger charge is -2.30. The van der Waals surface area contributed by atoms with E-state index in [1.165, 1.54) is 23.6 Å². The van der Waals surface area contributed by atoms with Crippen LogP contribution in [0.4, 0.5) is 5.69 Å². The van der Waals surface area contributed by atoms with Gasteiger partial charge in [0, 0.05) is 6.04 Å². The summed E-state index contributed by atoms with van der Waals surface area (Å²) in [5.41, 5.74) is 4.19. The first-order valence-electron chi connectivity index (χ1n) is 12.9. The molecule has 0 unspecified atom stereocenters. The molecular weight excluding hydrogens is 464 g/mol. The molecule has 1 saturated carbocycles. The molecule has 2 fully saturated rings. The molecule has 1 aliphatic heterocycles. The van der Waals surface area contributed by atoms with Gasteiger partial charge < -0.3 is 4.74 Å². The van der Waals surface area contributed by atoms with Crippen LogP contribution >= 0.6 is 11.8 Å². The third kappa shape index (κ3) is 4.94. The molecule has 5 heteroatoms. The summed E-state index contributed by atoms with van der Waals surface area (Å²) in [7, 11) is 1.71. The normalized spacial score (nSPS) is 19.2. The molecule has 0 radical (unpaired) electrons. The summed E-state index contributed by atoms with van der Waals surface area (Å²) in [6, 6.07) is 19.0. The highest BCUT2D eigenvalue weighted by Crippen LogP contribution is 2.40. The molecule has 2 aliphatic rings. The van der Waals surface area contributed by atoms with Crippen molar-refractivity contribution >= 4 is 45.4 Å². The average molecular weight is 499 g/mol. The fourth-order valence-corrected chi connectivity index (χ4v) is 6.27. The number of carbonyl (C=O) groups excluding carboxylic acids is 1. The molecule has 186 valence electrons. The number of amidine groups is 1. The van der Waals surface area contributed by atoms with E-state index in [9.17, 15) is 4.79 Å². The number of carbonyl (C=O) groups is 1. The van der Waals surface area contributed by atoms with Crippen LogP contribution in [0.3, 0.4) is 0 Å². The number of aliphatic imine (C=N–C) groups is 1. The molecule has 1 aliphatic carbocycles. The maximum atomic E-state index is 13.8. The largest absolute Gasteiger partial charge is 0.496 e. The molecule has 0 N–H and O–H groups in total. The first kappa shape index (κ1) is 24.6. The maximum absolute atomic E-state index is 13.8. The Morgan fingerprint density at radius 2 is 1.78 bits per heavy atom. The number of methoxy groups -OCH3 is 1. The van der Waals surface area contributed by atoms with Gasteiger partial charge in [0.05, 0.1) is 17.7 Å². The predicted molar refractivity (Wildman–Crippen MR) is 152 cm³/mol. The van der Waals surface area contributed by atoms with Gasteiger partial charge in [-0.15, -0.1) is 0 Å². The van der Waals surface area contributed by atoms with Crippen molar-refractivity contribution in [1.82, 2.24) is 4.90 Å². The maximum Gasteiger partial charge on any atom is 0.267 e. The first-order chi connectivity index (χ1) is 17.4. The molecule has 0 bridgehead atoms. The average Bonchev–Trinajstić information content (AvgIpc) is 3.19. The van der Waals surface area contributed by atoms with E-state index in [1.807, 2.05) is 29.2 Å². The van der Waals surface area contributed by atoms with Crippen molar-refractivity contribution in [1.29, 1.82) is 0 Å². The van der Waals surface area contributed by atoms with Crippen molar-refractivity contribution in [2.24, 2.45) is 4.99 Å². The fraction of sp³-hybridized carbons (Fsp3) is 0.355. The molecule has 1 heterocycles. The number of ether oxygens (including phenoxy) is 1. The molecule has 1 saturated heterocycles. The van der Waals surface area contributed by atoms with Gasteiger partial charge in [0.1, 0.15) is 5.75 Å². The number of fused-ring (bicyclic) bond motifs is 1. The van der Waals surface area contributed by atoms with Crippen molar-refractivity contribution in [3.63, 3.8) is 0 Å². The monoisotopic (exact) mass is 498 g/mol. The van der Waals surface area contributed by atoms with Gasteiger partial charge >= 0.3 is 0 Å². The third-order valence-corrected chi connectivity index (χ3v) is 8.24. The molecule has 0 aromatic heterocycles. The van der Waals surface area contributed by atoms with Gasteiger partial charge in [-0.3, -0.25) is 9.69 Å². The van der Waals surface area contributed by atoms with Gasteiger partial charge in [-0.2, -0.15) is 0 Å². The van der Waals surface area contributed by atoms with Crippen LogP contribution in [0.25, 0.3) is 16.8 Å². The van der Waals surface area contributed by atoms with Gasteiger partial charge in [-0.1, -0.05) is 63.4 Å². The van der Waals surface area contributed by atoms with Gasteiger partial charge in [0.2, 0.25) is 0 Å². The van der Waals surface area contributed by atoms with Crippen molar-refractivity contribution in [3.05, 3.63) is 76.2 Å². The van der Waals surface area contributed by atoms with Crippen molar-refractivity contribution in [2.45, 2.75) is 64.8 Å². The summed E-state index contributed by atoms with van der Waals surface area (Å²) >= 11 is 1.50. The van der Waals surface area contributed by atoms with E-state index < -0.39 is 0 Å². The zero-order valence-electron chi connectivity index (χ0n) is 21.6. The minimum Gasteiger partial charge on any atom is -0.496 e. The molecule has 4 nitrogen and oxygen atoms in total. The Hall–Kier alpha value is -3.05. The summed E-state index contributed by atoms with van der Waals surface area (Å²) in [6.07, 6.45) is 7.69. The molecular formula is C31H34N2O2S. The van der Waals surface area contributed by atoms with Gasteiger partial charge in [-0.05, 0) is 95.2 Å². The molecule has 0 spiro atoms. The second-order valence-electron chi connectivity index (χ2n) is 10.1. The first-order valence-corrected chi connectivity index (χ1v) is 13.8. The van der Waals surface area contributed by atoms with Crippen LogP contribution in [0.15, 0.2) is 64.5 Å². The van der Waals surface area contributed by atoms with Gasteiger partial charge in [-0.25, -0.2) is 4.99 Å². The highest BCUT2D eigenvalue weighted by atomic mass is 32.2. The third-order valence-electron chi connectivity index (χ3n) is 7.26. The molecule has 0 atom stereocenters. The Morgan fingerprint density at radius 1 is 1.03 bits per heavy atom. The molecule has 1 amide bonds. The SMILES string of the molecule is COc1cc(C)c(/C=C2\SC(=Nc3ccc4ccccc4c3)N(C3CCCCC3)C2=O)cc1C(C)C. The second-order valence-corrected chi connectivity index (χ2v) is 11.1. The number of amides is 1. The van der Waals surface area contributed by atoms with Gasteiger partial charge in [0.25, 0.3) is 5.91 Å². The predicted octanol–water partition coefficient (Wildman–Crippen LogP) is 8.22. The zero-order valence-corrected chi connectivity index (χ0v) is 22.4. The van der Waals surface area contributed by atoms with Crippen LogP contribution in [0.2, 0.25) is 0 Å². The van der Waals surface area contributed by atoms with Crippen molar-refractivity contribution in [3.8, 4) is 5.75 Å². The lowest BCUT2D eigenvalue weighted by atomic mass is 9.94. The highest BCUT2D eigenvalue weighted by Gasteiger charge is 2.38. The van der Waals surface area contributed by atoms with E-state index in [0.717, 1.165) is 69.3 Å². The van der Waals surface area contributed by atoms with Crippen LogP contribution < -0.4 is 4.74 Å². The van der Waals surface area contributed by atoms with Crippen LogP contribution in [0, 0.1) is 6.92 Å². The molecule has 5 rings (SSSR count). The minimum atomic E-state index is 0.0766. The molecule has 3 aromatic carbocycles. The number of aryl methyl sites for hydroxylation is 1. The molecule has 3 aromatic rings. The fourth-order valence-electron chi connectivity index (χ4n) is 5.22. The summed E-state index contributed by atoms with van der Waals surface area (Å²) in [6.45, 7) is 6.41. The number of benzene rings is 3. The smallest absolute Gasteiger partial charge is 0.267 e. The Kier molecular flexibility index (Phi) is 7.20. The highest BCUT2D eigenvalue weighted by molar-refractivity contribution is 8.18. The van der Waals surface area contributed by atoms with Crippen molar-refractivity contribution < 1.29 is 9.53 Å². The van der Waals surface area contributed by atoms with E-state index in [0.29, 0.717) is 5.92 Å². The van der Waals surface area contributed by atoms with Crippen molar-refractivity contribution in [2.75, 3.05) is 7.11 Å². The standard InChI is InChI=1S/C31H34N2O2S/c1-20(2)27-18-24(21(3)16-28(27)35-4)19-29-30(34)33(26-12-6-5-7-13-26)31(36-29)32-25-15-14-22-10-8-9-11-23(22)17-25/h8-11,14-20,26H,5-7,12-13H2,1-4H3/b29-19-,32-31?. The second kappa shape index (κ2) is 10.5.